The molecule has 78 valence electrons. The minimum Gasteiger partial charge on any atom is -0.361 e. The monoisotopic (exact) mass is 194 g/mol. The van der Waals surface area contributed by atoms with Crippen molar-refractivity contribution in [3.05, 3.63) is 17.5 Å². The number of hydrogen-bond donors (Lipinski definition) is 1. The average Bonchev–Trinajstić information content (AvgIpc) is 2.73. The maximum atomic E-state index is 5.39. The molecule has 1 atom stereocenters. The molecule has 0 bridgehead atoms. The highest BCUT2D eigenvalue weighted by atomic mass is 16.5. The van der Waals surface area contributed by atoms with Crippen LogP contribution in [0.4, 0.5) is 0 Å². The van der Waals surface area contributed by atoms with Gasteiger partial charge in [-0.05, 0) is 18.4 Å². The number of hydrogen-bond acceptors (Lipinski definition) is 3. The summed E-state index contributed by atoms with van der Waals surface area (Å²) in [6, 6.07) is 0. The summed E-state index contributed by atoms with van der Waals surface area (Å²) in [4.78, 5) is 0. The predicted molar refractivity (Wildman–Crippen MR) is 55.4 cm³/mol. The number of nitrogens with one attached hydrogen (secondary N) is 1. The van der Waals surface area contributed by atoms with Crippen LogP contribution >= 0.6 is 0 Å². The van der Waals surface area contributed by atoms with E-state index in [0.29, 0.717) is 5.92 Å². The molecule has 3 nitrogen and oxygen atoms in total. The summed E-state index contributed by atoms with van der Waals surface area (Å²) in [6.07, 6.45) is 3.03. The number of aromatic nitrogens is 1. The topological polar surface area (TPSA) is 38.1 Å². The van der Waals surface area contributed by atoms with Gasteiger partial charge in [0.05, 0.1) is 6.20 Å². The molecule has 0 saturated carbocycles. The molecule has 0 aliphatic carbocycles. The Balaban J connectivity index is 2.29. The fraction of sp³-hybridized carbons (Fsp3) is 0.727. The van der Waals surface area contributed by atoms with Crippen LogP contribution in [0, 0.1) is 0 Å². The normalized spacial score (nSPS) is 22.9. The van der Waals surface area contributed by atoms with Crippen LogP contribution in [-0.2, 0) is 5.41 Å². The molecule has 0 radical (unpaired) electrons. The number of rotatable bonds is 1. The lowest BCUT2D eigenvalue weighted by atomic mass is 9.84. The van der Waals surface area contributed by atoms with Crippen molar-refractivity contribution in [3.63, 3.8) is 0 Å². The highest BCUT2D eigenvalue weighted by Gasteiger charge is 2.28. The number of nitrogens with zero attached hydrogens (tertiary/aromatic N) is 1. The maximum absolute atomic E-state index is 5.39. The van der Waals surface area contributed by atoms with E-state index in [2.05, 4.69) is 31.2 Å². The van der Waals surface area contributed by atoms with Crippen LogP contribution in [0.5, 0.6) is 0 Å². The fourth-order valence-corrected chi connectivity index (χ4v) is 1.98. The summed E-state index contributed by atoms with van der Waals surface area (Å²) < 4.78 is 5.39. The van der Waals surface area contributed by atoms with Gasteiger partial charge >= 0.3 is 0 Å². The van der Waals surface area contributed by atoms with Gasteiger partial charge in [-0.1, -0.05) is 25.9 Å². The minimum absolute atomic E-state index is 0.137. The van der Waals surface area contributed by atoms with E-state index in [1.165, 1.54) is 5.56 Å². The first-order valence-electron chi connectivity index (χ1n) is 5.25. The minimum atomic E-state index is 0.137. The second-order valence-electron chi connectivity index (χ2n) is 5.04. The van der Waals surface area contributed by atoms with Gasteiger partial charge in [-0.2, -0.15) is 0 Å². The van der Waals surface area contributed by atoms with Crippen molar-refractivity contribution in [2.75, 3.05) is 13.1 Å². The molecule has 1 fully saturated rings. The summed E-state index contributed by atoms with van der Waals surface area (Å²) in [5, 5.41) is 7.28. The SMILES string of the molecule is CC(C)(C)c1cnoc1C1CCNC1. The highest BCUT2D eigenvalue weighted by Crippen LogP contribution is 2.32. The summed E-state index contributed by atoms with van der Waals surface area (Å²) in [7, 11) is 0. The Morgan fingerprint density at radius 3 is 2.86 bits per heavy atom. The summed E-state index contributed by atoms with van der Waals surface area (Å²) in [5.41, 5.74) is 1.39. The van der Waals surface area contributed by atoms with Crippen molar-refractivity contribution in [2.24, 2.45) is 0 Å². The van der Waals surface area contributed by atoms with Crippen LogP contribution in [0.15, 0.2) is 10.7 Å². The average molecular weight is 194 g/mol. The maximum Gasteiger partial charge on any atom is 0.144 e. The Bertz CT molecular complexity index is 305. The molecule has 14 heavy (non-hydrogen) atoms. The Morgan fingerprint density at radius 2 is 2.29 bits per heavy atom. The van der Waals surface area contributed by atoms with E-state index >= 15 is 0 Å². The van der Waals surface area contributed by atoms with Crippen LogP contribution in [0.25, 0.3) is 0 Å². The summed E-state index contributed by atoms with van der Waals surface area (Å²) in [6.45, 7) is 8.72. The zero-order chi connectivity index (χ0) is 10.2. The molecule has 1 aliphatic heterocycles. The molecular formula is C11H18N2O. The first kappa shape index (κ1) is 9.71. The smallest absolute Gasteiger partial charge is 0.144 e. The van der Waals surface area contributed by atoms with E-state index in [9.17, 15) is 0 Å². The van der Waals surface area contributed by atoms with Gasteiger partial charge in [-0.3, -0.25) is 0 Å². The lowest BCUT2D eigenvalue weighted by Crippen LogP contribution is -2.15. The van der Waals surface area contributed by atoms with Crippen molar-refractivity contribution in [1.82, 2.24) is 10.5 Å². The lowest BCUT2D eigenvalue weighted by Gasteiger charge is -2.19. The summed E-state index contributed by atoms with van der Waals surface area (Å²) in [5.74, 6) is 1.61. The van der Waals surface area contributed by atoms with Gasteiger partial charge in [0.2, 0.25) is 0 Å². The van der Waals surface area contributed by atoms with Crippen LogP contribution in [0.1, 0.15) is 44.4 Å². The van der Waals surface area contributed by atoms with Crippen LogP contribution in [0.3, 0.4) is 0 Å². The molecule has 1 aromatic heterocycles. The molecule has 0 spiro atoms. The van der Waals surface area contributed by atoms with E-state index in [1.807, 2.05) is 6.20 Å². The predicted octanol–water partition coefficient (Wildman–Crippen LogP) is 2.05. The first-order chi connectivity index (χ1) is 6.59. The molecule has 1 aliphatic rings. The van der Waals surface area contributed by atoms with Crippen molar-refractivity contribution < 1.29 is 4.52 Å². The molecule has 2 heterocycles. The van der Waals surface area contributed by atoms with Crippen molar-refractivity contribution in [2.45, 2.75) is 38.5 Å². The third-order valence-electron chi connectivity index (χ3n) is 2.84. The largest absolute Gasteiger partial charge is 0.361 e. The van der Waals surface area contributed by atoms with Gasteiger partial charge in [-0.25, -0.2) is 0 Å². The second kappa shape index (κ2) is 3.39. The van der Waals surface area contributed by atoms with Crippen molar-refractivity contribution in [3.8, 4) is 0 Å². The Hall–Kier alpha value is -0.830. The molecule has 0 amide bonds. The van der Waals surface area contributed by atoms with Crippen molar-refractivity contribution >= 4 is 0 Å². The summed E-state index contributed by atoms with van der Waals surface area (Å²) >= 11 is 0. The molecular weight excluding hydrogens is 176 g/mol. The zero-order valence-electron chi connectivity index (χ0n) is 9.13. The van der Waals surface area contributed by atoms with E-state index in [0.717, 1.165) is 25.3 Å². The van der Waals surface area contributed by atoms with Gasteiger partial charge in [0, 0.05) is 18.0 Å². The quantitative estimate of drug-likeness (QED) is 0.743. The van der Waals surface area contributed by atoms with Gasteiger partial charge in [0.15, 0.2) is 0 Å². The lowest BCUT2D eigenvalue weighted by molar-refractivity contribution is 0.359. The molecule has 1 unspecified atom stereocenters. The first-order valence-corrected chi connectivity index (χ1v) is 5.25. The Labute approximate surface area is 84.9 Å². The van der Waals surface area contributed by atoms with Gasteiger partial charge in [-0.15, -0.1) is 0 Å². The van der Waals surface area contributed by atoms with Gasteiger partial charge in [0.1, 0.15) is 5.76 Å². The molecule has 1 aromatic rings. The van der Waals surface area contributed by atoms with E-state index < -0.39 is 0 Å². The second-order valence-corrected chi connectivity index (χ2v) is 5.04. The molecule has 2 rings (SSSR count). The molecule has 0 aromatic carbocycles. The fourth-order valence-electron chi connectivity index (χ4n) is 1.98. The molecule has 1 saturated heterocycles. The van der Waals surface area contributed by atoms with E-state index in [1.54, 1.807) is 0 Å². The Kier molecular flexibility index (Phi) is 2.35. The van der Waals surface area contributed by atoms with Crippen LogP contribution in [0.2, 0.25) is 0 Å². The zero-order valence-corrected chi connectivity index (χ0v) is 9.13. The van der Waals surface area contributed by atoms with Crippen LogP contribution < -0.4 is 5.32 Å². The standard InChI is InChI=1S/C11H18N2O/c1-11(2,3)9-7-13-14-10(9)8-4-5-12-6-8/h7-8,12H,4-6H2,1-3H3. The third-order valence-corrected chi connectivity index (χ3v) is 2.84. The van der Waals surface area contributed by atoms with E-state index in [-0.39, 0.29) is 5.41 Å². The third kappa shape index (κ3) is 1.69. The van der Waals surface area contributed by atoms with Crippen molar-refractivity contribution in [1.29, 1.82) is 0 Å². The van der Waals surface area contributed by atoms with Gasteiger partial charge in [0.25, 0.3) is 0 Å². The van der Waals surface area contributed by atoms with Crippen LogP contribution in [-0.4, -0.2) is 18.2 Å². The molecule has 3 heteroatoms. The van der Waals surface area contributed by atoms with Gasteiger partial charge < -0.3 is 9.84 Å². The Morgan fingerprint density at radius 1 is 1.50 bits per heavy atom. The molecule has 1 N–H and O–H groups in total. The highest BCUT2D eigenvalue weighted by molar-refractivity contribution is 5.26. The van der Waals surface area contributed by atoms with E-state index in [4.69, 9.17) is 4.52 Å².